The topological polar surface area (TPSA) is 285 Å². The third-order valence-electron chi connectivity index (χ3n) is 10.6. The number of methoxy groups -OCH3 is 1. The Kier molecular flexibility index (Phi) is 9.83. The second-order valence-corrected chi connectivity index (χ2v) is 13.5. The molecule has 3 heterocycles. The number of piperidine rings is 1. The van der Waals surface area contributed by atoms with E-state index in [4.69, 9.17) is 34.3 Å². The zero-order valence-corrected chi connectivity index (χ0v) is 28.8. The lowest BCUT2D eigenvalue weighted by Crippen LogP contribution is -2.65. The van der Waals surface area contributed by atoms with Crippen molar-refractivity contribution in [1.29, 1.82) is 0 Å². The van der Waals surface area contributed by atoms with Crippen LogP contribution in [0.1, 0.15) is 30.4 Å². The number of ether oxygens (including phenoxy) is 2. The Labute approximate surface area is 305 Å². The summed E-state index contributed by atoms with van der Waals surface area (Å²) in [5.74, 6) is -3.79. The minimum absolute atomic E-state index is 0.0933. The highest BCUT2D eigenvalue weighted by atomic mass is 16.5. The first-order chi connectivity index (χ1) is 25.5. The summed E-state index contributed by atoms with van der Waals surface area (Å²) in [6.45, 7) is 1.05. The molecule has 1 aromatic heterocycles. The van der Waals surface area contributed by atoms with Crippen molar-refractivity contribution in [2.75, 3.05) is 20.7 Å². The third kappa shape index (κ3) is 6.14. The number of hydrogen-bond donors (Lipinski definition) is 9. The molecule has 3 aromatic carbocycles. The number of nitrogens with zero attached hydrogens (tertiary/aromatic N) is 1. The Morgan fingerprint density at radius 3 is 2.24 bits per heavy atom. The maximum Gasteiger partial charge on any atom is 0.335 e. The number of phenols is 4. The SMILES string of the molecule is COc1ccc2c3c1O[C@H]1C(=O)CC[C@H]4[C@@H](C2)N(C)CC[C@]314.O=C(O)[C@H](O)[C@@H](O)C(=O)O.O=c1c(O)c(-c2ccc(O)c(O)c2)oc2cc(O)cc(O)c12. The smallest absolute Gasteiger partial charge is 0.335 e. The molecule has 9 N–H and O–H groups in total. The van der Waals surface area contributed by atoms with E-state index in [9.17, 15) is 44.7 Å². The number of aliphatic hydroxyl groups excluding tert-OH is 2. The van der Waals surface area contributed by atoms with Crippen LogP contribution in [0.5, 0.6) is 40.2 Å². The summed E-state index contributed by atoms with van der Waals surface area (Å²) in [6, 6.07) is 10.4. The van der Waals surface area contributed by atoms with Gasteiger partial charge in [-0.3, -0.25) is 9.59 Å². The molecule has 8 rings (SSSR count). The normalized spacial score (nSPS) is 23.0. The van der Waals surface area contributed by atoms with E-state index in [1.807, 2.05) is 6.07 Å². The molecule has 2 fully saturated rings. The summed E-state index contributed by atoms with van der Waals surface area (Å²) < 4.78 is 17.1. The van der Waals surface area contributed by atoms with Crippen molar-refractivity contribution in [2.45, 2.75) is 55.5 Å². The van der Waals surface area contributed by atoms with Crippen molar-refractivity contribution >= 4 is 28.7 Å². The number of carboxylic acids is 2. The molecule has 2 bridgehead atoms. The summed E-state index contributed by atoms with van der Waals surface area (Å²) in [7, 11) is 3.91. The zero-order valence-electron chi connectivity index (χ0n) is 28.8. The number of aliphatic carboxylic acids is 2. The number of aromatic hydroxyl groups is 5. The number of ketones is 1. The highest BCUT2D eigenvalue weighted by molar-refractivity contribution is 5.90. The molecule has 17 nitrogen and oxygen atoms in total. The van der Waals surface area contributed by atoms with Gasteiger partial charge in [0.05, 0.1) is 7.11 Å². The van der Waals surface area contributed by atoms with Crippen LogP contribution in [0, 0.1) is 5.92 Å². The van der Waals surface area contributed by atoms with Crippen LogP contribution < -0.4 is 14.9 Å². The standard InChI is InChI=1S/C18H21NO3.C15H10O7.C4H6O6/c1-19-8-7-18-11-4-5-13(20)17(18)22-16-14(21-2)6-3-10(15(16)18)9-12(11)19;16-7-4-10(19)12-11(5-7)22-15(14(21)13(12)20)6-1-2-8(17)9(18)3-6;5-1(3(7)8)2(6)4(9)10/h3,6,11-12,17H,4-5,7-9H2,1-2H3;1-5,16-19,21H;1-2,5-6H,(H,7,8)(H,9,10)/t11-,12+,17-,18-;;1-,2-/m0.1/s1. The fourth-order valence-electron chi connectivity index (χ4n) is 8.08. The minimum atomic E-state index is -2.27. The molecule has 1 saturated heterocycles. The number of carbonyl (C=O) groups excluding carboxylic acids is 1. The third-order valence-corrected chi connectivity index (χ3v) is 10.6. The molecule has 54 heavy (non-hydrogen) atoms. The molecule has 6 atom stereocenters. The second-order valence-electron chi connectivity index (χ2n) is 13.5. The summed E-state index contributed by atoms with van der Waals surface area (Å²) in [4.78, 5) is 46.8. The molecule has 0 unspecified atom stereocenters. The van der Waals surface area contributed by atoms with E-state index in [1.54, 1.807) is 7.11 Å². The Bertz CT molecular complexity index is 2210. The number of rotatable bonds is 5. The fraction of sp³-hybridized carbons (Fsp3) is 0.351. The predicted molar refractivity (Wildman–Crippen MR) is 185 cm³/mol. The first-order valence-electron chi connectivity index (χ1n) is 16.7. The summed E-state index contributed by atoms with van der Waals surface area (Å²) >= 11 is 0. The van der Waals surface area contributed by atoms with Crippen molar-refractivity contribution in [3.8, 4) is 51.6 Å². The van der Waals surface area contributed by atoms with Crippen LogP contribution in [0.2, 0.25) is 0 Å². The molecule has 0 amide bonds. The zero-order chi connectivity index (χ0) is 39.4. The van der Waals surface area contributed by atoms with Crippen LogP contribution in [-0.4, -0.2) is 114 Å². The molecule has 1 spiro atoms. The molecular formula is C37H37NO16. The van der Waals surface area contributed by atoms with Gasteiger partial charge in [0.25, 0.3) is 0 Å². The number of carbonyl (C=O) groups is 3. The lowest BCUT2D eigenvalue weighted by molar-refractivity contribution is -0.165. The van der Waals surface area contributed by atoms with Crippen molar-refractivity contribution in [1.82, 2.24) is 4.90 Å². The number of hydrogen-bond acceptors (Lipinski definition) is 15. The van der Waals surface area contributed by atoms with Crippen molar-refractivity contribution in [3.05, 3.63) is 63.8 Å². The number of likely N-dealkylation sites (N-methyl/N-ethyl adjacent to an activating group) is 1. The van der Waals surface area contributed by atoms with Crippen LogP contribution >= 0.6 is 0 Å². The summed E-state index contributed by atoms with van der Waals surface area (Å²) in [5.41, 5.74) is 1.68. The van der Waals surface area contributed by atoms with E-state index < -0.39 is 46.8 Å². The van der Waals surface area contributed by atoms with Gasteiger partial charge in [-0.1, -0.05) is 6.07 Å². The average Bonchev–Trinajstić information content (AvgIpc) is 3.49. The van der Waals surface area contributed by atoms with Gasteiger partial charge in [-0.2, -0.15) is 0 Å². The van der Waals surface area contributed by atoms with Crippen LogP contribution in [0.4, 0.5) is 0 Å². The molecule has 2 aliphatic carbocycles. The van der Waals surface area contributed by atoms with E-state index in [1.165, 1.54) is 17.2 Å². The number of phenolic OH excluding ortho intramolecular Hbond substituents is 4. The van der Waals surface area contributed by atoms with E-state index in [0.717, 1.165) is 61.6 Å². The first-order valence-corrected chi connectivity index (χ1v) is 16.7. The largest absolute Gasteiger partial charge is 0.508 e. The molecule has 17 heteroatoms. The summed E-state index contributed by atoms with van der Waals surface area (Å²) in [5, 5.41) is 80.2. The van der Waals surface area contributed by atoms with E-state index in [-0.39, 0.29) is 51.1 Å². The van der Waals surface area contributed by atoms with Gasteiger partial charge in [0.2, 0.25) is 11.2 Å². The first kappa shape index (κ1) is 37.7. The Morgan fingerprint density at radius 2 is 1.61 bits per heavy atom. The Hall–Kier alpha value is -6.04. The van der Waals surface area contributed by atoms with Gasteiger partial charge < -0.3 is 64.7 Å². The fourth-order valence-corrected chi connectivity index (χ4v) is 8.08. The molecule has 4 aliphatic rings. The molecule has 4 aromatic rings. The van der Waals surface area contributed by atoms with Gasteiger partial charge in [-0.05, 0) is 68.6 Å². The maximum absolute atomic E-state index is 12.6. The van der Waals surface area contributed by atoms with Crippen LogP contribution in [0.3, 0.4) is 0 Å². The number of benzene rings is 3. The van der Waals surface area contributed by atoms with Gasteiger partial charge in [0.1, 0.15) is 22.5 Å². The van der Waals surface area contributed by atoms with E-state index >= 15 is 0 Å². The molecule has 1 saturated carbocycles. The van der Waals surface area contributed by atoms with Gasteiger partial charge >= 0.3 is 11.9 Å². The molecule has 286 valence electrons. The number of likely N-dealkylation sites (tertiary alicyclic amines) is 1. The number of carboxylic acid groups (broad SMARTS) is 2. The molecule has 0 radical (unpaired) electrons. The lowest BCUT2D eigenvalue weighted by atomic mass is 9.52. The van der Waals surface area contributed by atoms with E-state index in [2.05, 4.69) is 18.0 Å². The van der Waals surface area contributed by atoms with Gasteiger partial charge in [-0.15, -0.1) is 0 Å². The number of aliphatic hydroxyl groups is 2. The van der Waals surface area contributed by atoms with Crippen molar-refractivity contribution < 1.29 is 74.2 Å². The highest BCUT2D eigenvalue weighted by Crippen LogP contribution is 2.63. The van der Waals surface area contributed by atoms with Crippen molar-refractivity contribution in [2.24, 2.45) is 5.92 Å². The molecular weight excluding hydrogens is 714 g/mol. The van der Waals surface area contributed by atoms with Crippen LogP contribution in [0.25, 0.3) is 22.3 Å². The highest BCUT2D eigenvalue weighted by Gasteiger charge is 2.65. The van der Waals surface area contributed by atoms with Gasteiger partial charge in [0, 0.05) is 41.1 Å². The van der Waals surface area contributed by atoms with Crippen molar-refractivity contribution in [3.63, 3.8) is 0 Å². The Morgan fingerprint density at radius 1 is 0.926 bits per heavy atom. The quantitative estimate of drug-likeness (QED) is 0.131. The predicted octanol–water partition coefficient (Wildman–Crippen LogP) is 1.80. The van der Waals surface area contributed by atoms with Crippen LogP contribution in [-0.2, 0) is 26.2 Å². The second kappa shape index (κ2) is 14.1. The minimum Gasteiger partial charge on any atom is -0.508 e. The number of Topliss-reactive ketones (excluding diaryl/α,β-unsaturated/α-hetero) is 1. The van der Waals surface area contributed by atoms with Crippen LogP contribution in [0.15, 0.2) is 51.7 Å². The van der Waals surface area contributed by atoms with Gasteiger partial charge in [-0.25, -0.2) is 9.59 Å². The van der Waals surface area contributed by atoms with Gasteiger partial charge in [0.15, 0.2) is 52.9 Å². The van der Waals surface area contributed by atoms with E-state index in [0.29, 0.717) is 18.4 Å². The number of fused-ring (bicyclic) bond motifs is 1. The summed E-state index contributed by atoms with van der Waals surface area (Å²) in [6.07, 6.45) is -1.06. The maximum atomic E-state index is 12.6. The average molecular weight is 752 g/mol. The molecule has 2 aliphatic heterocycles. The lowest BCUT2D eigenvalue weighted by Gasteiger charge is -2.57. The Balaban J connectivity index is 0.000000149. The monoisotopic (exact) mass is 751 g/mol.